The molecule has 0 saturated carbocycles. The molecule has 23 heavy (non-hydrogen) atoms. The Morgan fingerprint density at radius 1 is 1.04 bits per heavy atom. The molecule has 0 aliphatic heterocycles. The molecule has 1 atom stereocenters. The lowest BCUT2D eigenvalue weighted by atomic mass is 10.1. The average molecular weight is 312 g/mol. The van der Waals surface area contributed by atoms with Gasteiger partial charge in [-0.05, 0) is 25.5 Å². The Labute approximate surface area is 135 Å². The van der Waals surface area contributed by atoms with Gasteiger partial charge in [0.05, 0.1) is 0 Å². The second-order valence-electron chi connectivity index (χ2n) is 5.02. The third-order valence-electron chi connectivity index (χ3n) is 3.25. The van der Waals surface area contributed by atoms with Crippen molar-refractivity contribution >= 4 is 11.9 Å². The highest BCUT2D eigenvalue weighted by Crippen LogP contribution is 2.25. The van der Waals surface area contributed by atoms with Crippen LogP contribution in [-0.2, 0) is 4.79 Å². The van der Waals surface area contributed by atoms with Gasteiger partial charge in [-0.1, -0.05) is 48.5 Å². The summed E-state index contributed by atoms with van der Waals surface area (Å²) in [5.41, 5.74) is 1.59. The van der Waals surface area contributed by atoms with Crippen LogP contribution >= 0.6 is 0 Å². The second-order valence-corrected chi connectivity index (χ2v) is 5.02. The van der Waals surface area contributed by atoms with E-state index in [1.54, 1.807) is 25.1 Å². The lowest BCUT2D eigenvalue weighted by Gasteiger charge is -2.20. The van der Waals surface area contributed by atoms with E-state index in [0.717, 1.165) is 5.56 Å². The molecule has 2 aromatic carbocycles. The number of rotatable bonds is 5. The summed E-state index contributed by atoms with van der Waals surface area (Å²) in [6, 6.07) is 16.0. The van der Waals surface area contributed by atoms with E-state index in [-0.39, 0.29) is 0 Å². The van der Waals surface area contributed by atoms with Crippen molar-refractivity contribution in [2.75, 3.05) is 6.54 Å². The van der Waals surface area contributed by atoms with Crippen LogP contribution in [0.15, 0.2) is 54.6 Å². The molecule has 5 heteroatoms. The van der Waals surface area contributed by atoms with Gasteiger partial charge in [0.1, 0.15) is 5.75 Å². The molecular weight excluding hydrogens is 292 g/mol. The Balaban J connectivity index is 2.24. The first-order chi connectivity index (χ1) is 11.1. The van der Waals surface area contributed by atoms with Crippen molar-refractivity contribution in [3.8, 4) is 5.75 Å². The largest absolute Gasteiger partial charge is 0.476 e. The van der Waals surface area contributed by atoms with E-state index in [4.69, 9.17) is 4.74 Å². The Hall–Kier alpha value is -2.82. The molecule has 0 radical (unpaired) electrons. The van der Waals surface area contributed by atoms with Crippen molar-refractivity contribution in [2.45, 2.75) is 20.0 Å². The monoisotopic (exact) mass is 312 g/mol. The molecule has 5 nitrogen and oxygen atoms in total. The maximum Gasteiger partial charge on any atom is 0.321 e. The van der Waals surface area contributed by atoms with E-state index in [1.165, 1.54) is 0 Å². The molecule has 0 bridgehead atoms. The van der Waals surface area contributed by atoms with Gasteiger partial charge in [0.25, 0.3) is 5.91 Å². The Bertz CT molecular complexity index is 671. The van der Waals surface area contributed by atoms with Crippen LogP contribution in [0.4, 0.5) is 4.79 Å². The first-order valence-electron chi connectivity index (χ1n) is 7.47. The van der Waals surface area contributed by atoms with Crippen molar-refractivity contribution in [2.24, 2.45) is 0 Å². The van der Waals surface area contributed by atoms with Gasteiger partial charge in [0.2, 0.25) is 6.10 Å². The van der Waals surface area contributed by atoms with Gasteiger partial charge in [-0.2, -0.15) is 0 Å². The van der Waals surface area contributed by atoms with E-state index < -0.39 is 18.0 Å². The average Bonchev–Trinajstić information content (AvgIpc) is 2.55. The van der Waals surface area contributed by atoms with Crippen LogP contribution in [0.2, 0.25) is 0 Å². The van der Waals surface area contributed by atoms with Crippen LogP contribution < -0.4 is 15.4 Å². The summed E-state index contributed by atoms with van der Waals surface area (Å²) in [6.45, 7) is 4.12. The number of carbonyl (C=O) groups excluding carboxylic acids is 2. The van der Waals surface area contributed by atoms with E-state index in [2.05, 4.69) is 10.6 Å². The fraction of sp³-hybridized carbons (Fsp3) is 0.222. The van der Waals surface area contributed by atoms with Crippen molar-refractivity contribution in [1.29, 1.82) is 0 Å². The number of hydrogen-bond acceptors (Lipinski definition) is 3. The molecule has 0 fully saturated rings. The number of urea groups is 1. The van der Waals surface area contributed by atoms with E-state index in [9.17, 15) is 9.59 Å². The topological polar surface area (TPSA) is 67.4 Å². The predicted octanol–water partition coefficient (Wildman–Crippen LogP) is 2.96. The van der Waals surface area contributed by atoms with Crippen LogP contribution in [0, 0.1) is 6.92 Å². The van der Waals surface area contributed by atoms with Crippen LogP contribution in [0.25, 0.3) is 0 Å². The summed E-state index contributed by atoms with van der Waals surface area (Å²) in [5.74, 6) is 0.0952. The Morgan fingerprint density at radius 3 is 2.35 bits per heavy atom. The summed E-state index contributed by atoms with van der Waals surface area (Å²) in [4.78, 5) is 24.1. The lowest BCUT2D eigenvalue weighted by molar-refractivity contribution is -0.127. The molecule has 0 aromatic heterocycles. The van der Waals surface area contributed by atoms with Crippen LogP contribution in [0.3, 0.4) is 0 Å². The third-order valence-corrected chi connectivity index (χ3v) is 3.25. The van der Waals surface area contributed by atoms with Crippen LogP contribution in [-0.4, -0.2) is 18.5 Å². The smallest absolute Gasteiger partial charge is 0.321 e. The fourth-order valence-corrected chi connectivity index (χ4v) is 2.10. The van der Waals surface area contributed by atoms with Gasteiger partial charge in [-0.3, -0.25) is 10.1 Å². The van der Waals surface area contributed by atoms with Gasteiger partial charge in [-0.25, -0.2) is 4.79 Å². The number of imide groups is 1. The van der Waals surface area contributed by atoms with E-state index >= 15 is 0 Å². The maximum atomic E-state index is 12.4. The van der Waals surface area contributed by atoms with Gasteiger partial charge < -0.3 is 10.1 Å². The van der Waals surface area contributed by atoms with Crippen LogP contribution in [0.5, 0.6) is 5.75 Å². The van der Waals surface area contributed by atoms with E-state index in [0.29, 0.717) is 17.9 Å². The molecule has 2 aromatic rings. The highest BCUT2D eigenvalue weighted by Gasteiger charge is 2.24. The normalized spacial score (nSPS) is 11.4. The minimum Gasteiger partial charge on any atom is -0.476 e. The fourth-order valence-electron chi connectivity index (χ4n) is 2.10. The number of hydrogen-bond donors (Lipinski definition) is 2. The quantitative estimate of drug-likeness (QED) is 0.892. The number of nitrogens with one attached hydrogen (secondary N) is 2. The molecule has 3 amide bonds. The summed E-state index contributed by atoms with van der Waals surface area (Å²) < 4.78 is 5.88. The van der Waals surface area contributed by atoms with Crippen molar-refractivity contribution in [1.82, 2.24) is 10.6 Å². The molecule has 0 saturated heterocycles. The standard InChI is InChI=1S/C18H20N2O3/c1-3-19-18(22)20-17(21)16(14-10-5-4-6-11-14)23-15-12-8-7-9-13(15)2/h4-12,16H,3H2,1-2H3,(H2,19,20,21,22)/t16-/m1/s1. The second kappa shape index (κ2) is 7.98. The Morgan fingerprint density at radius 2 is 1.70 bits per heavy atom. The molecular formula is C18H20N2O3. The molecule has 2 N–H and O–H groups in total. The number of aryl methyl sites for hydroxylation is 1. The third kappa shape index (κ3) is 4.57. The summed E-state index contributed by atoms with van der Waals surface area (Å²) in [6.07, 6.45) is -0.903. The number of carbonyl (C=O) groups is 2. The van der Waals surface area contributed by atoms with Crippen molar-refractivity contribution < 1.29 is 14.3 Å². The minimum atomic E-state index is -0.903. The van der Waals surface area contributed by atoms with Crippen molar-refractivity contribution in [3.05, 3.63) is 65.7 Å². The van der Waals surface area contributed by atoms with Gasteiger partial charge in [0.15, 0.2) is 0 Å². The molecule has 0 spiro atoms. The molecule has 0 heterocycles. The van der Waals surface area contributed by atoms with E-state index in [1.807, 2.05) is 43.3 Å². The summed E-state index contributed by atoms with van der Waals surface area (Å²) >= 11 is 0. The molecule has 0 aliphatic rings. The maximum absolute atomic E-state index is 12.4. The molecule has 2 rings (SSSR count). The highest BCUT2D eigenvalue weighted by molar-refractivity contribution is 5.97. The zero-order valence-electron chi connectivity index (χ0n) is 13.2. The number of benzene rings is 2. The molecule has 0 unspecified atom stereocenters. The van der Waals surface area contributed by atoms with Gasteiger partial charge >= 0.3 is 6.03 Å². The molecule has 0 aliphatic carbocycles. The van der Waals surface area contributed by atoms with Crippen molar-refractivity contribution in [3.63, 3.8) is 0 Å². The number of para-hydroxylation sites is 1. The van der Waals surface area contributed by atoms with Crippen LogP contribution in [0.1, 0.15) is 24.2 Å². The summed E-state index contributed by atoms with van der Waals surface area (Å²) in [5, 5.41) is 4.84. The Kier molecular flexibility index (Phi) is 5.74. The zero-order chi connectivity index (χ0) is 16.7. The first-order valence-corrected chi connectivity index (χ1v) is 7.47. The highest BCUT2D eigenvalue weighted by atomic mass is 16.5. The number of ether oxygens (including phenoxy) is 1. The summed E-state index contributed by atoms with van der Waals surface area (Å²) in [7, 11) is 0. The first kappa shape index (κ1) is 16.5. The number of amides is 3. The molecule has 120 valence electrons. The zero-order valence-corrected chi connectivity index (χ0v) is 13.2. The SMILES string of the molecule is CCNC(=O)NC(=O)[C@H](Oc1ccccc1C)c1ccccc1. The van der Waals surface area contributed by atoms with Gasteiger partial charge in [0, 0.05) is 12.1 Å². The minimum absolute atomic E-state index is 0.438. The lowest BCUT2D eigenvalue weighted by Crippen LogP contribution is -2.42. The predicted molar refractivity (Wildman–Crippen MR) is 88.2 cm³/mol. The van der Waals surface area contributed by atoms with Gasteiger partial charge in [-0.15, -0.1) is 0 Å².